The molecular formula is C24H24N4O2S. The number of benzene rings is 3. The molecule has 4 rings (SSSR count). The van der Waals surface area contributed by atoms with E-state index in [-0.39, 0.29) is 10.7 Å². The van der Waals surface area contributed by atoms with E-state index in [1.165, 1.54) is 0 Å². The van der Waals surface area contributed by atoms with E-state index >= 15 is 0 Å². The smallest absolute Gasteiger partial charge is 0.263 e. The van der Waals surface area contributed by atoms with Gasteiger partial charge in [-0.05, 0) is 74.7 Å². The van der Waals surface area contributed by atoms with Crippen molar-refractivity contribution in [3.8, 4) is 0 Å². The highest BCUT2D eigenvalue weighted by molar-refractivity contribution is 7.92. The van der Waals surface area contributed by atoms with Crippen molar-refractivity contribution < 1.29 is 8.42 Å². The Kier molecular flexibility index (Phi) is 5.37. The molecule has 3 aromatic carbocycles. The summed E-state index contributed by atoms with van der Waals surface area (Å²) in [5.74, 6) is 0.500. The lowest BCUT2D eigenvalue weighted by Gasteiger charge is -2.16. The average Bonchev–Trinajstić information content (AvgIpc) is 2.72. The van der Waals surface area contributed by atoms with Crippen LogP contribution < -0.4 is 10.0 Å². The van der Waals surface area contributed by atoms with Crippen molar-refractivity contribution >= 4 is 38.4 Å². The second-order valence-corrected chi connectivity index (χ2v) is 9.39. The quantitative estimate of drug-likeness (QED) is 0.441. The predicted molar refractivity (Wildman–Crippen MR) is 125 cm³/mol. The minimum Gasteiger partial charge on any atom is -0.337 e. The van der Waals surface area contributed by atoms with Gasteiger partial charge in [0.1, 0.15) is 0 Å². The van der Waals surface area contributed by atoms with E-state index < -0.39 is 10.0 Å². The molecule has 0 aliphatic rings. The van der Waals surface area contributed by atoms with Gasteiger partial charge in [-0.1, -0.05) is 35.9 Å². The van der Waals surface area contributed by atoms with Gasteiger partial charge < -0.3 is 5.32 Å². The first-order chi connectivity index (χ1) is 14.7. The number of hydrogen-bond donors (Lipinski definition) is 2. The molecule has 0 aliphatic carbocycles. The fourth-order valence-corrected chi connectivity index (χ4v) is 4.25. The Labute approximate surface area is 182 Å². The Bertz CT molecular complexity index is 1380. The zero-order valence-corrected chi connectivity index (χ0v) is 18.7. The Morgan fingerprint density at radius 1 is 0.742 bits per heavy atom. The largest absolute Gasteiger partial charge is 0.337 e. The van der Waals surface area contributed by atoms with Crippen LogP contribution in [-0.4, -0.2) is 18.4 Å². The maximum atomic E-state index is 13.0. The van der Waals surface area contributed by atoms with Gasteiger partial charge in [0.25, 0.3) is 10.0 Å². The fourth-order valence-electron chi connectivity index (χ4n) is 3.24. The van der Waals surface area contributed by atoms with Crippen LogP contribution in [0.25, 0.3) is 11.0 Å². The molecule has 6 nitrogen and oxygen atoms in total. The lowest BCUT2D eigenvalue weighted by molar-refractivity contribution is 0.601. The fraction of sp³-hybridized carbons (Fsp3) is 0.167. The Morgan fingerprint density at radius 2 is 1.42 bits per heavy atom. The number of hydrogen-bond acceptors (Lipinski definition) is 5. The highest BCUT2D eigenvalue weighted by atomic mass is 32.2. The molecule has 4 aromatic rings. The standard InChI is InChI=1S/C24H24N4O2S/c1-15-8-11-19(12-9-15)31(29,30)28-24-23(25-20-7-5-6-17(3)18(20)4)27-22-14-16(2)10-13-21(22)26-24/h5-14H,1-4H3,(H,25,27)(H,26,28). The van der Waals surface area contributed by atoms with E-state index in [1.807, 2.05) is 64.1 Å². The van der Waals surface area contributed by atoms with Crippen LogP contribution in [-0.2, 0) is 10.0 Å². The SMILES string of the molecule is Cc1ccc(S(=O)(=O)Nc2nc3ccc(C)cc3nc2Nc2cccc(C)c2C)cc1. The Balaban J connectivity index is 1.82. The lowest BCUT2D eigenvalue weighted by atomic mass is 10.1. The molecule has 0 spiro atoms. The molecule has 0 bridgehead atoms. The topological polar surface area (TPSA) is 84.0 Å². The molecule has 158 valence electrons. The summed E-state index contributed by atoms with van der Waals surface area (Å²) in [6.45, 7) is 7.92. The number of nitrogens with zero attached hydrogens (tertiary/aromatic N) is 2. The van der Waals surface area contributed by atoms with E-state index in [4.69, 9.17) is 4.98 Å². The molecule has 0 aliphatic heterocycles. The molecule has 7 heteroatoms. The van der Waals surface area contributed by atoms with Gasteiger partial charge in [-0.3, -0.25) is 4.72 Å². The second kappa shape index (κ2) is 8.00. The molecule has 0 saturated heterocycles. The van der Waals surface area contributed by atoms with Crippen LogP contribution in [0.15, 0.2) is 65.6 Å². The summed E-state index contributed by atoms with van der Waals surface area (Å²) in [6, 6.07) is 18.3. The molecule has 0 saturated carbocycles. The maximum absolute atomic E-state index is 13.0. The summed E-state index contributed by atoms with van der Waals surface area (Å²) in [7, 11) is -3.83. The van der Waals surface area contributed by atoms with Gasteiger partial charge in [-0.15, -0.1) is 0 Å². The van der Waals surface area contributed by atoms with E-state index in [2.05, 4.69) is 15.0 Å². The summed E-state index contributed by atoms with van der Waals surface area (Å²) in [6.07, 6.45) is 0. The van der Waals surface area contributed by atoms with Crippen molar-refractivity contribution in [1.82, 2.24) is 9.97 Å². The lowest BCUT2D eigenvalue weighted by Crippen LogP contribution is -2.16. The zero-order valence-electron chi connectivity index (χ0n) is 17.9. The number of nitrogens with one attached hydrogen (secondary N) is 2. The summed E-state index contributed by atoms with van der Waals surface area (Å²) in [5, 5.41) is 3.28. The van der Waals surface area contributed by atoms with Gasteiger partial charge in [0, 0.05) is 5.69 Å². The van der Waals surface area contributed by atoms with Gasteiger partial charge in [0.15, 0.2) is 11.6 Å². The zero-order chi connectivity index (χ0) is 22.2. The first kappa shape index (κ1) is 20.8. The highest BCUT2D eigenvalue weighted by Gasteiger charge is 2.19. The van der Waals surface area contributed by atoms with Gasteiger partial charge in [0.05, 0.1) is 15.9 Å². The molecule has 31 heavy (non-hydrogen) atoms. The van der Waals surface area contributed by atoms with Crippen LogP contribution in [0.4, 0.5) is 17.3 Å². The van der Waals surface area contributed by atoms with Gasteiger partial charge in [0.2, 0.25) is 0 Å². The van der Waals surface area contributed by atoms with Crippen molar-refractivity contribution in [3.63, 3.8) is 0 Å². The van der Waals surface area contributed by atoms with Crippen LogP contribution in [0.2, 0.25) is 0 Å². The summed E-state index contributed by atoms with van der Waals surface area (Å²) >= 11 is 0. The normalized spacial score (nSPS) is 11.5. The number of rotatable bonds is 5. The third-order valence-electron chi connectivity index (χ3n) is 5.24. The highest BCUT2D eigenvalue weighted by Crippen LogP contribution is 2.29. The predicted octanol–water partition coefficient (Wildman–Crippen LogP) is 5.41. The van der Waals surface area contributed by atoms with E-state index in [9.17, 15) is 8.42 Å². The average molecular weight is 433 g/mol. The number of aryl methyl sites for hydroxylation is 3. The second-order valence-electron chi connectivity index (χ2n) is 7.70. The van der Waals surface area contributed by atoms with E-state index in [1.54, 1.807) is 24.3 Å². The third-order valence-corrected chi connectivity index (χ3v) is 6.59. The van der Waals surface area contributed by atoms with Crippen molar-refractivity contribution in [3.05, 3.63) is 82.9 Å². The van der Waals surface area contributed by atoms with Crippen LogP contribution in [0, 0.1) is 27.7 Å². The first-order valence-electron chi connectivity index (χ1n) is 9.94. The monoisotopic (exact) mass is 432 g/mol. The Morgan fingerprint density at radius 3 is 2.16 bits per heavy atom. The molecule has 0 amide bonds. The molecule has 0 fully saturated rings. The summed E-state index contributed by atoms with van der Waals surface area (Å²) in [4.78, 5) is 9.44. The number of fused-ring (bicyclic) bond motifs is 1. The van der Waals surface area contributed by atoms with Gasteiger partial charge in [-0.2, -0.15) is 0 Å². The molecule has 0 radical (unpaired) electrons. The Hall–Kier alpha value is -3.45. The molecular weight excluding hydrogens is 408 g/mol. The van der Waals surface area contributed by atoms with E-state index in [0.29, 0.717) is 16.9 Å². The van der Waals surface area contributed by atoms with Crippen LogP contribution in [0.1, 0.15) is 22.3 Å². The van der Waals surface area contributed by atoms with Gasteiger partial charge in [-0.25, -0.2) is 18.4 Å². The van der Waals surface area contributed by atoms with Gasteiger partial charge >= 0.3 is 0 Å². The number of sulfonamides is 1. The van der Waals surface area contributed by atoms with Crippen LogP contribution in [0.3, 0.4) is 0 Å². The molecule has 0 unspecified atom stereocenters. The number of aromatic nitrogens is 2. The van der Waals surface area contributed by atoms with Crippen molar-refractivity contribution in [2.75, 3.05) is 10.0 Å². The van der Waals surface area contributed by atoms with Crippen molar-refractivity contribution in [2.45, 2.75) is 32.6 Å². The minimum atomic E-state index is -3.83. The maximum Gasteiger partial charge on any atom is 0.263 e. The summed E-state index contributed by atoms with van der Waals surface area (Å²) < 4.78 is 28.7. The molecule has 1 heterocycles. The first-order valence-corrected chi connectivity index (χ1v) is 11.4. The van der Waals surface area contributed by atoms with E-state index in [0.717, 1.165) is 27.9 Å². The van der Waals surface area contributed by atoms with Crippen LogP contribution >= 0.6 is 0 Å². The molecule has 1 aromatic heterocycles. The molecule has 0 atom stereocenters. The van der Waals surface area contributed by atoms with Crippen molar-refractivity contribution in [2.24, 2.45) is 0 Å². The molecule has 2 N–H and O–H groups in total. The number of anilines is 3. The van der Waals surface area contributed by atoms with Crippen molar-refractivity contribution in [1.29, 1.82) is 0 Å². The van der Waals surface area contributed by atoms with Crippen LogP contribution in [0.5, 0.6) is 0 Å². The third kappa shape index (κ3) is 4.36. The summed E-state index contributed by atoms with van der Waals surface area (Å²) in [5.41, 5.74) is 6.35. The minimum absolute atomic E-state index is 0.151.